The first-order valence-corrected chi connectivity index (χ1v) is 11.1. The SMILES string of the molecule is CCOc1ccccc1CN1CCN(S(=O)(=O)Cc2ccccc2C)CC1. The van der Waals surface area contributed by atoms with Crippen molar-refractivity contribution >= 4 is 10.0 Å². The molecule has 1 saturated heterocycles. The summed E-state index contributed by atoms with van der Waals surface area (Å²) in [4.78, 5) is 2.29. The minimum Gasteiger partial charge on any atom is -0.494 e. The second kappa shape index (κ2) is 8.87. The van der Waals surface area contributed by atoms with E-state index in [0.29, 0.717) is 19.7 Å². The summed E-state index contributed by atoms with van der Waals surface area (Å²) in [5.41, 5.74) is 3.05. The molecule has 0 amide bonds. The molecule has 0 unspecified atom stereocenters. The molecule has 0 saturated carbocycles. The largest absolute Gasteiger partial charge is 0.494 e. The summed E-state index contributed by atoms with van der Waals surface area (Å²) in [6.45, 7) is 7.88. The van der Waals surface area contributed by atoms with E-state index < -0.39 is 10.0 Å². The van der Waals surface area contributed by atoms with Gasteiger partial charge in [0.1, 0.15) is 5.75 Å². The van der Waals surface area contributed by atoms with Gasteiger partial charge in [-0.2, -0.15) is 4.31 Å². The summed E-state index contributed by atoms with van der Waals surface area (Å²) in [6.07, 6.45) is 0. The molecule has 0 aliphatic carbocycles. The lowest BCUT2D eigenvalue weighted by molar-refractivity contribution is 0.179. The van der Waals surface area contributed by atoms with Gasteiger partial charge < -0.3 is 4.74 Å². The summed E-state index contributed by atoms with van der Waals surface area (Å²) in [6, 6.07) is 15.7. The van der Waals surface area contributed by atoms with E-state index in [-0.39, 0.29) is 5.75 Å². The van der Waals surface area contributed by atoms with Gasteiger partial charge in [-0.3, -0.25) is 4.90 Å². The zero-order chi connectivity index (χ0) is 19.3. The third kappa shape index (κ3) is 5.09. The van der Waals surface area contributed by atoms with E-state index in [2.05, 4.69) is 11.0 Å². The van der Waals surface area contributed by atoms with E-state index in [4.69, 9.17) is 4.74 Å². The summed E-state index contributed by atoms with van der Waals surface area (Å²) in [5, 5.41) is 0. The highest BCUT2D eigenvalue weighted by Gasteiger charge is 2.27. The smallest absolute Gasteiger partial charge is 0.218 e. The fourth-order valence-electron chi connectivity index (χ4n) is 3.40. The summed E-state index contributed by atoms with van der Waals surface area (Å²) in [5.74, 6) is 0.988. The van der Waals surface area contributed by atoms with Crippen molar-refractivity contribution in [3.05, 3.63) is 65.2 Å². The van der Waals surface area contributed by atoms with Crippen molar-refractivity contribution in [2.24, 2.45) is 0 Å². The Labute approximate surface area is 162 Å². The highest BCUT2D eigenvalue weighted by atomic mass is 32.2. The molecule has 0 atom stereocenters. The predicted octanol–water partition coefficient (Wildman–Crippen LogP) is 3.04. The highest BCUT2D eigenvalue weighted by Crippen LogP contribution is 2.22. The van der Waals surface area contributed by atoms with Crippen molar-refractivity contribution < 1.29 is 13.2 Å². The molecule has 0 bridgehead atoms. The van der Waals surface area contributed by atoms with Crippen molar-refractivity contribution in [3.63, 3.8) is 0 Å². The second-order valence-electron chi connectivity index (χ2n) is 6.90. The molecular weight excluding hydrogens is 360 g/mol. The molecule has 1 aliphatic heterocycles. The fraction of sp³-hybridized carbons (Fsp3) is 0.429. The Balaban J connectivity index is 1.59. The second-order valence-corrected chi connectivity index (χ2v) is 8.87. The van der Waals surface area contributed by atoms with Crippen molar-refractivity contribution in [3.8, 4) is 5.75 Å². The molecule has 5 nitrogen and oxygen atoms in total. The monoisotopic (exact) mass is 388 g/mol. The zero-order valence-electron chi connectivity index (χ0n) is 16.1. The average Bonchev–Trinajstić information content (AvgIpc) is 2.66. The van der Waals surface area contributed by atoms with Crippen LogP contribution < -0.4 is 4.74 Å². The summed E-state index contributed by atoms with van der Waals surface area (Å²) in [7, 11) is -3.29. The lowest BCUT2D eigenvalue weighted by Gasteiger charge is -2.34. The number of benzene rings is 2. The lowest BCUT2D eigenvalue weighted by Crippen LogP contribution is -2.48. The zero-order valence-corrected chi connectivity index (χ0v) is 16.9. The van der Waals surface area contributed by atoms with Crippen LogP contribution in [0.5, 0.6) is 5.75 Å². The maximum Gasteiger partial charge on any atom is 0.218 e. The first kappa shape index (κ1) is 19.9. The Morgan fingerprint density at radius 2 is 1.56 bits per heavy atom. The molecule has 3 rings (SSSR count). The number of hydrogen-bond donors (Lipinski definition) is 0. The third-order valence-electron chi connectivity index (χ3n) is 4.99. The molecule has 0 aromatic heterocycles. The quantitative estimate of drug-likeness (QED) is 0.732. The van der Waals surface area contributed by atoms with Crippen molar-refractivity contribution in [2.75, 3.05) is 32.8 Å². The molecule has 1 aliphatic rings. The van der Waals surface area contributed by atoms with Crippen LogP contribution >= 0.6 is 0 Å². The van der Waals surface area contributed by atoms with Gasteiger partial charge in [0, 0.05) is 38.3 Å². The van der Waals surface area contributed by atoms with Crippen LogP contribution in [0, 0.1) is 6.92 Å². The third-order valence-corrected chi connectivity index (χ3v) is 6.82. The van der Waals surface area contributed by atoms with Gasteiger partial charge in [0.25, 0.3) is 0 Å². The maximum absolute atomic E-state index is 12.8. The molecule has 1 fully saturated rings. The van der Waals surface area contributed by atoms with E-state index in [1.54, 1.807) is 4.31 Å². The molecule has 0 N–H and O–H groups in total. The standard InChI is InChI=1S/C21H28N2O3S/c1-3-26-21-11-7-6-9-19(21)16-22-12-14-23(15-13-22)27(24,25)17-20-10-5-4-8-18(20)2/h4-11H,3,12-17H2,1-2H3. The number of piperazine rings is 1. The Bertz CT molecular complexity index is 859. The topological polar surface area (TPSA) is 49.9 Å². The summed E-state index contributed by atoms with van der Waals surface area (Å²) >= 11 is 0. The number of nitrogens with zero attached hydrogens (tertiary/aromatic N) is 2. The van der Waals surface area contributed by atoms with Gasteiger partial charge in [-0.1, -0.05) is 42.5 Å². The van der Waals surface area contributed by atoms with Crippen LogP contribution in [-0.2, 0) is 22.3 Å². The number of sulfonamides is 1. The highest BCUT2D eigenvalue weighted by molar-refractivity contribution is 7.88. The first-order valence-electron chi connectivity index (χ1n) is 9.45. The first-order chi connectivity index (χ1) is 13.0. The van der Waals surface area contributed by atoms with Crippen LogP contribution in [0.4, 0.5) is 0 Å². The molecule has 0 radical (unpaired) electrons. The normalized spacial score (nSPS) is 16.4. The van der Waals surface area contributed by atoms with Crippen LogP contribution in [0.15, 0.2) is 48.5 Å². The van der Waals surface area contributed by atoms with E-state index >= 15 is 0 Å². The van der Waals surface area contributed by atoms with Crippen molar-refractivity contribution in [1.82, 2.24) is 9.21 Å². The predicted molar refractivity (Wildman–Crippen MR) is 108 cm³/mol. The number of aryl methyl sites for hydroxylation is 1. The Morgan fingerprint density at radius 1 is 0.926 bits per heavy atom. The van der Waals surface area contributed by atoms with Crippen molar-refractivity contribution in [1.29, 1.82) is 0 Å². The van der Waals surface area contributed by atoms with Crippen LogP contribution in [-0.4, -0.2) is 50.4 Å². The van der Waals surface area contributed by atoms with Gasteiger partial charge in [0.15, 0.2) is 0 Å². The van der Waals surface area contributed by atoms with Crippen LogP contribution in [0.25, 0.3) is 0 Å². The van der Waals surface area contributed by atoms with Gasteiger partial charge in [-0.25, -0.2) is 8.42 Å². The molecule has 2 aromatic carbocycles. The van der Waals surface area contributed by atoms with Crippen molar-refractivity contribution in [2.45, 2.75) is 26.1 Å². The van der Waals surface area contributed by atoms with E-state index in [9.17, 15) is 8.42 Å². The van der Waals surface area contributed by atoms with Gasteiger partial charge >= 0.3 is 0 Å². The lowest BCUT2D eigenvalue weighted by atomic mass is 10.1. The van der Waals surface area contributed by atoms with Gasteiger partial charge in [0.05, 0.1) is 12.4 Å². The Morgan fingerprint density at radius 3 is 2.22 bits per heavy atom. The molecular formula is C21H28N2O3S. The van der Waals surface area contributed by atoms with Crippen LogP contribution in [0.2, 0.25) is 0 Å². The number of para-hydroxylation sites is 1. The van der Waals surface area contributed by atoms with Crippen LogP contribution in [0.3, 0.4) is 0 Å². The fourth-order valence-corrected chi connectivity index (χ4v) is 5.02. The molecule has 27 heavy (non-hydrogen) atoms. The van der Waals surface area contributed by atoms with Gasteiger partial charge in [0.2, 0.25) is 10.0 Å². The van der Waals surface area contributed by atoms with Gasteiger partial charge in [-0.15, -0.1) is 0 Å². The molecule has 6 heteroatoms. The van der Waals surface area contributed by atoms with Gasteiger partial charge in [-0.05, 0) is 31.0 Å². The molecule has 2 aromatic rings. The maximum atomic E-state index is 12.8. The van der Waals surface area contributed by atoms with E-state index in [1.165, 1.54) is 0 Å². The number of hydrogen-bond acceptors (Lipinski definition) is 4. The Hall–Kier alpha value is -1.89. The minimum atomic E-state index is -3.29. The molecule has 146 valence electrons. The molecule has 0 spiro atoms. The number of ether oxygens (including phenoxy) is 1. The van der Waals surface area contributed by atoms with E-state index in [1.807, 2.05) is 56.3 Å². The summed E-state index contributed by atoms with van der Waals surface area (Å²) < 4.78 is 32.9. The number of rotatable bonds is 7. The van der Waals surface area contributed by atoms with E-state index in [0.717, 1.165) is 42.1 Å². The molecule has 1 heterocycles. The van der Waals surface area contributed by atoms with Crippen LogP contribution in [0.1, 0.15) is 23.6 Å². The Kier molecular flexibility index (Phi) is 6.52. The minimum absolute atomic E-state index is 0.0762. The average molecular weight is 389 g/mol.